The molecule has 0 amide bonds. The van der Waals surface area contributed by atoms with E-state index >= 15 is 0 Å². The van der Waals surface area contributed by atoms with E-state index in [4.69, 9.17) is 23.2 Å². The summed E-state index contributed by atoms with van der Waals surface area (Å²) in [6.45, 7) is 0. The number of rotatable bonds is 2. The summed E-state index contributed by atoms with van der Waals surface area (Å²) in [5.41, 5.74) is 3.77. The summed E-state index contributed by atoms with van der Waals surface area (Å²) < 4.78 is 27.4. The molecule has 22 heavy (non-hydrogen) atoms. The summed E-state index contributed by atoms with van der Waals surface area (Å²) in [6, 6.07) is 11.5. The molecule has 5 nitrogen and oxygen atoms in total. The Kier molecular flexibility index (Phi) is 3.90. The van der Waals surface area contributed by atoms with Crippen LogP contribution >= 0.6 is 23.2 Å². The van der Waals surface area contributed by atoms with Gasteiger partial charge in [0.05, 0.1) is 11.2 Å². The van der Waals surface area contributed by atoms with E-state index in [2.05, 4.69) is 14.9 Å². The summed E-state index contributed by atoms with van der Waals surface area (Å²) in [6.07, 6.45) is 1.47. The van der Waals surface area contributed by atoms with Gasteiger partial charge < -0.3 is 0 Å². The monoisotopic (exact) mass is 353 g/mol. The largest absolute Gasteiger partial charge is 0.285 e. The van der Waals surface area contributed by atoms with Gasteiger partial charge in [-0.05, 0) is 24.3 Å². The minimum absolute atomic E-state index is 0.164. The van der Waals surface area contributed by atoms with Crippen molar-refractivity contribution in [1.29, 1.82) is 0 Å². The van der Waals surface area contributed by atoms with Crippen LogP contribution in [0.3, 0.4) is 0 Å². The van der Waals surface area contributed by atoms with Crippen LogP contribution in [0.5, 0.6) is 0 Å². The number of nitrogens with one attached hydrogen (secondary N) is 1. The number of hydrogen-bond acceptors (Lipinski definition) is 4. The van der Waals surface area contributed by atoms with E-state index in [0.29, 0.717) is 21.2 Å². The molecule has 0 fully saturated rings. The number of benzene rings is 2. The van der Waals surface area contributed by atoms with Gasteiger partial charge in [-0.1, -0.05) is 41.4 Å². The van der Waals surface area contributed by atoms with Gasteiger partial charge in [0.1, 0.15) is 4.90 Å². The van der Waals surface area contributed by atoms with E-state index in [1.54, 1.807) is 36.4 Å². The average molecular weight is 354 g/mol. The molecule has 0 radical (unpaired) electrons. The molecule has 0 saturated carbocycles. The van der Waals surface area contributed by atoms with Crippen molar-refractivity contribution in [1.82, 2.24) is 5.43 Å². The molecule has 1 heterocycles. The highest BCUT2D eigenvalue weighted by atomic mass is 35.5. The van der Waals surface area contributed by atoms with Crippen molar-refractivity contribution < 1.29 is 8.42 Å². The Labute approximate surface area is 137 Å². The van der Waals surface area contributed by atoms with Gasteiger partial charge in [-0.2, -0.15) is 13.5 Å². The fourth-order valence-electron chi connectivity index (χ4n) is 1.96. The smallest absolute Gasteiger partial charge is 0.260 e. The van der Waals surface area contributed by atoms with Crippen molar-refractivity contribution in [3.63, 3.8) is 0 Å². The number of hydrogen-bond donors (Lipinski definition) is 1. The molecular weight excluding hydrogens is 345 g/mol. The van der Waals surface area contributed by atoms with Crippen LogP contribution < -0.4 is 5.43 Å². The summed E-state index contributed by atoms with van der Waals surface area (Å²) in [5.74, 6) is 0.178. The molecular formula is C14H9Cl2N3O2S. The van der Waals surface area contributed by atoms with Crippen LogP contribution in [-0.2, 0) is 10.0 Å². The molecule has 0 bridgehead atoms. The molecule has 2 aromatic rings. The van der Waals surface area contributed by atoms with E-state index < -0.39 is 10.0 Å². The van der Waals surface area contributed by atoms with Gasteiger partial charge in [0, 0.05) is 16.1 Å². The second-order valence-electron chi connectivity index (χ2n) is 4.45. The number of sulfonamides is 1. The molecule has 1 aliphatic heterocycles. The number of halogens is 2. The summed E-state index contributed by atoms with van der Waals surface area (Å²) in [7, 11) is -3.66. The first-order valence-electron chi connectivity index (χ1n) is 6.16. The van der Waals surface area contributed by atoms with Gasteiger partial charge in [-0.15, -0.1) is 4.40 Å². The zero-order chi connectivity index (χ0) is 15.7. The minimum Gasteiger partial charge on any atom is -0.260 e. The van der Waals surface area contributed by atoms with Crippen LogP contribution in [0.2, 0.25) is 10.0 Å². The van der Waals surface area contributed by atoms with Crippen LogP contribution in [0, 0.1) is 0 Å². The molecule has 0 unspecified atom stereocenters. The minimum atomic E-state index is -3.66. The van der Waals surface area contributed by atoms with E-state index in [9.17, 15) is 8.42 Å². The molecule has 1 aliphatic rings. The average Bonchev–Trinajstić information content (AvgIpc) is 2.73. The Hall–Kier alpha value is -1.89. The lowest BCUT2D eigenvalue weighted by Crippen LogP contribution is -2.17. The van der Waals surface area contributed by atoms with Crippen LogP contribution in [0.25, 0.3) is 0 Å². The Morgan fingerprint density at radius 2 is 1.91 bits per heavy atom. The Balaban J connectivity index is 1.85. The van der Waals surface area contributed by atoms with Crippen molar-refractivity contribution in [2.45, 2.75) is 4.90 Å². The van der Waals surface area contributed by atoms with Gasteiger partial charge in [0.25, 0.3) is 10.0 Å². The second kappa shape index (κ2) is 5.72. The maximum atomic E-state index is 11.9. The Morgan fingerprint density at radius 1 is 1.14 bits per heavy atom. The van der Waals surface area contributed by atoms with Crippen molar-refractivity contribution in [2.24, 2.45) is 9.50 Å². The van der Waals surface area contributed by atoms with E-state index in [1.807, 2.05) is 0 Å². The van der Waals surface area contributed by atoms with Crippen LogP contribution in [-0.4, -0.2) is 20.5 Å². The fourth-order valence-corrected chi connectivity index (χ4v) is 3.58. The SMILES string of the molecule is O=S1(=O)N=C(NN=Cc2ccc(Cl)cc2Cl)c2ccccc21. The highest BCUT2D eigenvalue weighted by Crippen LogP contribution is 2.24. The predicted octanol–water partition coefficient (Wildman–Crippen LogP) is 3.07. The van der Waals surface area contributed by atoms with Crippen molar-refractivity contribution in [3.05, 3.63) is 63.6 Å². The highest BCUT2D eigenvalue weighted by Gasteiger charge is 2.28. The molecule has 2 aromatic carbocycles. The summed E-state index contributed by atoms with van der Waals surface area (Å²) in [4.78, 5) is 0.164. The molecule has 0 aliphatic carbocycles. The molecule has 0 aromatic heterocycles. The quantitative estimate of drug-likeness (QED) is 0.666. The van der Waals surface area contributed by atoms with E-state index in [0.717, 1.165) is 0 Å². The molecule has 0 atom stereocenters. The summed E-state index contributed by atoms with van der Waals surface area (Å²) >= 11 is 11.8. The zero-order valence-corrected chi connectivity index (χ0v) is 13.3. The fraction of sp³-hybridized carbons (Fsp3) is 0. The maximum Gasteiger partial charge on any atom is 0.285 e. The third kappa shape index (κ3) is 2.85. The molecule has 0 saturated heterocycles. The van der Waals surface area contributed by atoms with Gasteiger partial charge in [-0.3, -0.25) is 5.43 Å². The number of nitrogens with zero attached hydrogens (tertiary/aromatic N) is 2. The number of hydrazone groups is 1. The van der Waals surface area contributed by atoms with Crippen LogP contribution in [0.1, 0.15) is 11.1 Å². The lowest BCUT2D eigenvalue weighted by atomic mass is 10.2. The molecule has 1 N–H and O–H groups in total. The van der Waals surface area contributed by atoms with Gasteiger partial charge in [0.2, 0.25) is 0 Å². The lowest BCUT2D eigenvalue weighted by Gasteiger charge is -2.01. The third-order valence-electron chi connectivity index (χ3n) is 2.97. The van der Waals surface area contributed by atoms with Crippen molar-refractivity contribution >= 4 is 45.3 Å². The number of amidine groups is 1. The van der Waals surface area contributed by atoms with E-state index in [-0.39, 0.29) is 10.7 Å². The second-order valence-corrected chi connectivity index (χ2v) is 6.86. The predicted molar refractivity (Wildman–Crippen MR) is 87.4 cm³/mol. The molecule has 112 valence electrons. The Bertz CT molecular complexity index is 908. The van der Waals surface area contributed by atoms with Crippen molar-refractivity contribution in [3.8, 4) is 0 Å². The first kappa shape index (κ1) is 15.0. The topological polar surface area (TPSA) is 70.9 Å². The lowest BCUT2D eigenvalue weighted by molar-refractivity contribution is 0.599. The molecule has 0 spiro atoms. The normalized spacial score (nSPS) is 15.6. The van der Waals surface area contributed by atoms with Crippen LogP contribution in [0.4, 0.5) is 0 Å². The zero-order valence-electron chi connectivity index (χ0n) is 11.0. The molecule has 8 heteroatoms. The molecule has 3 rings (SSSR count). The van der Waals surface area contributed by atoms with Crippen molar-refractivity contribution in [2.75, 3.05) is 0 Å². The number of fused-ring (bicyclic) bond motifs is 1. The van der Waals surface area contributed by atoms with Gasteiger partial charge in [0.15, 0.2) is 5.84 Å². The first-order valence-corrected chi connectivity index (χ1v) is 8.35. The Morgan fingerprint density at radius 3 is 2.68 bits per heavy atom. The third-order valence-corrected chi connectivity index (χ3v) is 4.87. The standard InChI is InChI=1S/C14H9Cl2N3O2S/c15-10-6-5-9(12(16)7-10)8-17-18-14-11-3-1-2-4-13(11)22(20,21)19-14/h1-8H,(H,18,19). The van der Waals surface area contributed by atoms with Gasteiger partial charge >= 0.3 is 0 Å². The summed E-state index contributed by atoms with van der Waals surface area (Å²) in [5, 5.41) is 4.95. The highest BCUT2D eigenvalue weighted by molar-refractivity contribution is 7.90. The maximum absolute atomic E-state index is 11.9. The van der Waals surface area contributed by atoms with E-state index in [1.165, 1.54) is 12.3 Å². The van der Waals surface area contributed by atoms with Crippen LogP contribution in [0.15, 0.2) is 56.9 Å². The van der Waals surface area contributed by atoms with Gasteiger partial charge in [-0.25, -0.2) is 0 Å². The first-order chi connectivity index (χ1) is 10.5.